The first-order valence-electron chi connectivity index (χ1n) is 9.18. The third-order valence-electron chi connectivity index (χ3n) is 4.25. The summed E-state index contributed by atoms with van der Waals surface area (Å²) in [5, 5.41) is 6.54. The van der Waals surface area contributed by atoms with Gasteiger partial charge in [-0.2, -0.15) is 0 Å². The van der Waals surface area contributed by atoms with E-state index in [4.69, 9.17) is 14.2 Å². The molecule has 2 unspecified atom stereocenters. The Morgan fingerprint density at radius 1 is 1.27 bits per heavy atom. The second-order valence-corrected chi connectivity index (χ2v) is 6.61. The Kier molecular flexibility index (Phi) is 12.2. The molecule has 0 radical (unpaired) electrons. The van der Waals surface area contributed by atoms with Crippen LogP contribution in [-0.2, 0) is 19.0 Å². The Hall–Kier alpha value is -0.650. The van der Waals surface area contributed by atoms with Gasteiger partial charge in [-0.3, -0.25) is 4.79 Å². The summed E-state index contributed by atoms with van der Waals surface area (Å²) >= 11 is 0. The third-order valence-corrected chi connectivity index (χ3v) is 4.25. The monoisotopic (exact) mass is 484 g/mol. The highest BCUT2D eigenvalue weighted by Gasteiger charge is 2.16. The Morgan fingerprint density at radius 2 is 2.12 bits per heavy atom. The molecule has 2 N–H and O–H groups in total. The van der Waals surface area contributed by atoms with Gasteiger partial charge in [0.15, 0.2) is 5.96 Å². The molecule has 2 fully saturated rings. The topological polar surface area (TPSA) is 84.4 Å². The third kappa shape index (κ3) is 9.33. The highest BCUT2D eigenvalue weighted by atomic mass is 127. The molecule has 2 atom stereocenters. The highest BCUT2D eigenvalue weighted by molar-refractivity contribution is 14.0. The summed E-state index contributed by atoms with van der Waals surface area (Å²) < 4.78 is 16.7. The lowest BCUT2D eigenvalue weighted by atomic mass is 10.2. The van der Waals surface area contributed by atoms with Crippen LogP contribution in [0.5, 0.6) is 0 Å². The quantitative estimate of drug-likeness (QED) is 0.216. The summed E-state index contributed by atoms with van der Waals surface area (Å²) in [5.41, 5.74) is 0. The summed E-state index contributed by atoms with van der Waals surface area (Å²) in [4.78, 5) is 17.6. The van der Waals surface area contributed by atoms with E-state index in [1.54, 1.807) is 19.0 Å². The van der Waals surface area contributed by atoms with E-state index in [9.17, 15) is 4.79 Å². The van der Waals surface area contributed by atoms with Crippen molar-refractivity contribution in [2.75, 3.05) is 60.2 Å². The molecule has 2 heterocycles. The number of carbonyl (C=O) groups is 1. The summed E-state index contributed by atoms with van der Waals surface area (Å²) in [7, 11) is 3.46. The maximum Gasteiger partial charge on any atom is 0.243 e. The van der Waals surface area contributed by atoms with Crippen LogP contribution in [0.4, 0.5) is 0 Å². The molecule has 9 heteroatoms. The number of likely N-dealkylation sites (N-methyl/N-ethyl adjacent to an activating group) is 1. The van der Waals surface area contributed by atoms with Gasteiger partial charge in [-0.15, -0.1) is 24.0 Å². The Morgan fingerprint density at radius 3 is 2.77 bits per heavy atom. The SMILES string of the molecule is CN(C)C(=O)CN=C(NCCCOC1CCOC1)NCC1CCCO1.I. The van der Waals surface area contributed by atoms with E-state index < -0.39 is 0 Å². The van der Waals surface area contributed by atoms with Gasteiger partial charge in [-0.05, 0) is 25.7 Å². The van der Waals surface area contributed by atoms with Crippen LogP contribution in [0.2, 0.25) is 0 Å². The van der Waals surface area contributed by atoms with E-state index in [1.165, 1.54) is 0 Å². The fraction of sp³-hybridized carbons (Fsp3) is 0.882. The highest BCUT2D eigenvalue weighted by Crippen LogP contribution is 2.10. The van der Waals surface area contributed by atoms with Crippen molar-refractivity contribution in [3.63, 3.8) is 0 Å². The number of carbonyl (C=O) groups excluding carboxylic acids is 1. The van der Waals surface area contributed by atoms with Crippen LogP contribution < -0.4 is 10.6 Å². The van der Waals surface area contributed by atoms with E-state index >= 15 is 0 Å². The molecule has 0 aliphatic carbocycles. The van der Waals surface area contributed by atoms with Gasteiger partial charge in [0.25, 0.3) is 0 Å². The minimum atomic E-state index is -0.0252. The molecule has 152 valence electrons. The molecule has 8 nitrogen and oxygen atoms in total. The van der Waals surface area contributed by atoms with Crippen molar-refractivity contribution in [3.8, 4) is 0 Å². The van der Waals surface area contributed by atoms with Crippen LogP contribution in [-0.4, -0.2) is 89.1 Å². The first-order chi connectivity index (χ1) is 12.1. The fourth-order valence-electron chi connectivity index (χ4n) is 2.65. The molecule has 0 bridgehead atoms. The van der Waals surface area contributed by atoms with E-state index in [0.29, 0.717) is 25.7 Å². The van der Waals surface area contributed by atoms with Crippen molar-refractivity contribution >= 4 is 35.8 Å². The van der Waals surface area contributed by atoms with Crippen molar-refractivity contribution in [3.05, 3.63) is 0 Å². The zero-order valence-corrected chi connectivity index (χ0v) is 18.2. The van der Waals surface area contributed by atoms with Gasteiger partial charge >= 0.3 is 0 Å². The molecular weight excluding hydrogens is 451 g/mol. The van der Waals surface area contributed by atoms with Gasteiger partial charge < -0.3 is 29.7 Å². The number of amides is 1. The lowest BCUT2D eigenvalue weighted by Gasteiger charge is -2.16. The lowest BCUT2D eigenvalue weighted by Crippen LogP contribution is -2.42. The number of rotatable bonds is 9. The van der Waals surface area contributed by atoms with Crippen LogP contribution in [0.15, 0.2) is 4.99 Å². The molecule has 2 saturated heterocycles. The van der Waals surface area contributed by atoms with E-state index in [0.717, 1.165) is 45.4 Å². The number of hydrogen-bond acceptors (Lipinski definition) is 5. The van der Waals surface area contributed by atoms with Gasteiger partial charge in [-0.25, -0.2) is 4.99 Å². The Bertz CT molecular complexity index is 425. The first-order valence-corrected chi connectivity index (χ1v) is 9.18. The van der Waals surface area contributed by atoms with Crippen molar-refractivity contribution in [1.29, 1.82) is 0 Å². The molecule has 2 aliphatic rings. The number of nitrogens with zero attached hydrogens (tertiary/aromatic N) is 2. The number of hydrogen-bond donors (Lipinski definition) is 2. The van der Waals surface area contributed by atoms with Gasteiger partial charge in [-0.1, -0.05) is 0 Å². The summed E-state index contributed by atoms with van der Waals surface area (Å²) in [6.45, 7) is 4.59. The standard InChI is InChI=1S/C17H32N4O4.HI/c1-21(2)16(22)12-20-17(19-11-14-5-3-8-24-14)18-7-4-9-25-15-6-10-23-13-15;/h14-15H,3-13H2,1-2H3,(H2,18,19,20);1H. The van der Waals surface area contributed by atoms with Gasteiger partial charge in [0.2, 0.25) is 5.91 Å². The molecule has 2 rings (SSSR count). The molecule has 0 saturated carbocycles. The number of ether oxygens (including phenoxy) is 3. The molecule has 26 heavy (non-hydrogen) atoms. The van der Waals surface area contributed by atoms with Crippen LogP contribution >= 0.6 is 24.0 Å². The van der Waals surface area contributed by atoms with Crippen molar-refractivity contribution in [2.24, 2.45) is 4.99 Å². The van der Waals surface area contributed by atoms with E-state index in [2.05, 4.69) is 15.6 Å². The van der Waals surface area contributed by atoms with Crippen molar-refractivity contribution < 1.29 is 19.0 Å². The average Bonchev–Trinajstić information content (AvgIpc) is 3.29. The van der Waals surface area contributed by atoms with Gasteiger partial charge in [0, 0.05) is 47.0 Å². The number of nitrogens with one attached hydrogen (secondary N) is 2. The second-order valence-electron chi connectivity index (χ2n) is 6.61. The largest absolute Gasteiger partial charge is 0.379 e. The Labute approximate surface area is 173 Å². The molecular formula is C17H33IN4O4. The minimum absolute atomic E-state index is 0. The first kappa shape index (κ1) is 23.4. The molecule has 0 aromatic heterocycles. The number of halogens is 1. The van der Waals surface area contributed by atoms with Crippen molar-refractivity contribution in [2.45, 2.75) is 37.9 Å². The van der Waals surface area contributed by atoms with E-state index in [-0.39, 0.29) is 48.6 Å². The zero-order chi connectivity index (χ0) is 17.9. The van der Waals surface area contributed by atoms with Crippen LogP contribution in [0, 0.1) is 0 Å². The van der Waals surface area contributed by atoms with Crippen LogP contribution in [0.1, 0.15) is 25.7 Å². The molecule has 0 spiro atoms. The van der Waals surface area contributed by atoms with Crippen LogP contribution in [0.25, 0.3) is 0 Å². The Balaban J connectivity index is 0.00000338. The summed E-state index contributed by atoms with van der Waals surface area (Å²) in [5.74, 6) is 0.623. The molecule has 1 amide bonds. The normalized spacial score (nSPS) is 22.8. The minimum Gasteiger partial charge on any atom is -0.379 e. The maximum atomic E-state index is 11.7. The number of guanidine groups is 1. The lowest BCUT2D eigenvalue weighted by molar-refractivity contribution is -0.127. The summed E-state index contributed by atoms with van der Waals surface area (Å²) in [6.07, 6.45) is 4.49. The van der Waals surface area contributed by atoms with E-state index in [1.807, 2.05) is 0 Å². The molecule has 2 aliphatic heterocycles. The van der Waals surface area contributed by atoms with Crippen molar-refractivity contribution in [1.82, 2.24) is 15.5 Å². The second kappa shape index (κ2) is 13.5. The van der Waals surface area contributed by atoms with Crippen LogP contribution in [0.3, 0.4) is 0 Å². The zero-order valence-electron chi connectivity index (χ0n) is 15.9. The summed E-state index contributed by atoms with van der Waals surface area (Å²) in [6, 6.07) is 0. The fourth-order valence-corrected chi connectivity index (χ4v) is 2.65. The average molecular weight is 484 g/mol. The predicted molar refractivity (Wildman–Crippen MR) is 111 cm³/mol. The number of aliphatic imine (C=N–C) groups is 1. The maximum absolute atomic E-state index is 11.7. The predicted octanol–water partition coefficient (Wildman–Crippen LogP) is 0.602. The van der Waals surface area contributed by atoms with Gasteiger partial charge in [0.05, 0.1) is 18.8 Å². The van der Waals surface area contributed by atoms with Gasteiger partial charge in [0.1, 0.15) is 6.54 Å². The molecule has 0 aromatic carbocycles. The molecule has 0 aromatic rings. The smallest absolute Gasteiger partial charge is 0.243 e.